The van der Waals surface area contributed by atoms with Crippen LogP contribution < -0.4 is 15.8 Å². The molecule has 0 radical (unpaired) electrons. The molecule has 0 spiro atoms. The Morgan fingerprint density at radius 3 is 2.43 bits per heavy atom. The third-order valence-corrected chi connectivity index (χ3v) is 2.75. The lowest BCUT2D eigenvalue weighted by molar-refractivity contribution is 0.0600. The van der Waals surface area contributed by atoms with Gasteiger partial charge in [0.1, 0.15) is 5.75 Å². The van der Waals surface area contributed by atoms with Crippen LogP contribution in [0.15, 0.2) is 48.5 Å². The Bertz CT molecular complexity index is 656. The molecule has 0 saturated carbocycles. The van der Waals surface area contributed by atoms with Gasteiger partial charge in [-0.05, 0) is 48.6 Å². The number of nitrogens with two attached hydrogens (primary N) is 1. The summed E-state index contributed by atoms with van der Waals surface area (Å²) in [6, 6.07) is 13.9. The Morgan fingerprint density at radius 2 is 1.81 bits per heavy atom. The van der Waals surface area contributed by atoms with Gasteiger partial charge in [-0.25, -0.2) is 4.79 Å². The fraction of sp³-hybridized carbons (Fsp3) is 0.0667. The Labute approximate surface area is 127 Å². The molecule has 0 fully saturated rings. The van der Waals surface area contributed by atoms with Crippen molar-refractivity contribution in [2.75, 3.05) is 12.4 Å². The SMILES string of the molecule is COC(=O)c1ccc(Oc2ccccc2NC(N)=S)cc1. The highest BCUT2D eigenvalue weighted by atomic mass is 32.1. The first kappa shape index (κ1) is 14.8. The van der Waals surface area contributed by atoms with Crippen molar-refractivity contribution in [2.45, 2.75) is 0 Å². The standard InChI is InChI=1S/C15H14N2O3S/c1-19-14(18)10-6-8-11(9-7-10)20-13-5-3-2-4-12(13)17-15(16)21/h2-9H,1H3,(H3,16,17,21). The summed E-state index contributed by atoms with van der Waals surface area (Å²) in [5.74, 6) is 0.771. The van der Waals surface area contributed by atoms with E-state index in [1.54, 1.807) is 36.4 Å². The van der Waals surface area contributed by atoms with Crippen molar-refractivity contribution in [1.29, 1.82) is 0 Å². The molecule has 2 aromatic carbocycles. The van der Waals surface area contributed by atoms with E-state index in [1.807, 2.05) is 12.1 Å². The molecule has 0 unspecified atom stereocenters. The van der Waals surface area contributed by atoms with E-state index in [0.717, 1.165) is 0 Å². The third kappa shape index (κ3) is 3.93. The molecular formula is C15H14N2O3S. The van der Waals surface area contributed by atoms with Crippen LogP contribution in [0.2, 0.25) is 0 Å². The predicted molar refractivity (Wildman–Crippen MR) is 84.7 cm³/mol. The molecule has 0 aliphatic carbocycles. The van der Waals surface area contributed by atoms with Gasteiger partial charge in [0.2, 0.25) is 0 Å². The van der Waals surface area contributed by atoms with Crippen LogP contribution in [0.1, 0.15) is 10.4 Å². The number of nitrogens with one attached hydrogen (secondary N) is 1. The van der Waals surface area contributed by atoms with Gasteiger partial charge < -0.3 is 20.5 Å². The molecule has 2 aromatic rings. The van der Waals surface area contributed by atoms with Crippen LogP contribution >= 0.6 is 12.2 Å². The highest BCUT2D eigenvalue weighted by molar-refractivity contribution is 7.80. The Hall–Kier alpha value is -2.60. The van der Waals surface area contributed by atoms with Gasteiger partial charge in [-0.2, -0.15) is 0 Å². The van der Waals surface area contributed by atoms with Gasteiger partial charge in [0.05, 0.1) is 18.4 Å². The number of anilines is 1. The number of carbonyl (C=O) groups excluding carboxylic acids is 1. The normalized spacial score (nSPS) is 9.76. The van der Waals surface area contributed by atoms with E-state index in [0.29, 0.717) is 22.7 Å². The molecule has 0 aromatic heterocycles. The number of rotatable bonds is 4. The summed E-state index contributed by atoms with van der Waals surface area (Å²) in [5.41, 5.74) is 6.59. The van der Waals surface area contributed by atoms with Crippen LogP contribution in [0.4, 0.5) is 5.69 Å². The maximum atomic E-state index is 11.4. The molecule has 0 amide bonds. The number of hydrogen-bond acceptors (Lipinski definition) is 4. The van der Waals surface area contributed by atoms with E-state index in [1.165, 1.54) is 7.11 Å². The van der Waals surface area contributed by atoms with Crippen LogP contribution in [0, 0.1) is 0 Å². The predicted octanol–water partition coefficient (Wildman–Crippen LogP) is 2.92. The summed E-state index contributed by atoms with van der Waals surface area (Å²) in [7, 11) is 1.34. The highest BCUT2D eigenvalue weighted by Crippen LogP contribution is 2.29. The number of hydrogen-bond donors (Lipinski definition) is 2. The van der Waals surface area contributed by atoms with Gasteiger partial charge in [-0.1, -0.05) is 12.1 Å². The van der Waals surface area contributed by atoms with Crippen LogP contribution in [-0.4, -0.2) is 18.2 Å². The number of thiocarbonyl (C=S) groups is 1. The van der Waals surface area contributed by atoms with Gasteiger partial charge in [-0.3, -0.25) is 0 Å². The molecular weight excluding hydrogens is 288 g/mol. The minimum absolute atomic E-state index is 0.159. The lowest BCUT2D eigenvalue weighted by atomic mass is 10.2. The Morgan fingerprint density at radius 1 is 1.14 bits per heavy atom. The summed E-state index contributed by atoms with van der Waals surface area (Å²) in [4.78, 5) is 11.4. The Kier molecular flexibility index (Phi) is 4.73. The largest absolute Gasteiger partial charge is 0.465 e. The molecule has 0 atom stereocenters. The summed E-state index contributed by atoms with van der Waals surface area (Å²) >= 11 is 4.82. The summed E-state index contributed by atoms with van der Waals surface area (Å²) < 4.78 is 10.4. The minimum Gasteiger partial charge on any atom is -0.465 e. The maximum Gasteiger partial charge on any atom is 0.337 e. The second-order valence-electron chi connectivity index (χ2n) is 4.10. The lowest BCUT2D eigenvalue weighted by Crippen LogP contribution is -2.19. The average molecular weight is 302 g/mol. The van der Waals surface area contributed by atoms with Crippen LogP contribution in [0.3, 0.4) is 0 Å². The van der Waals surface area contributed by atoms with E-state index in [4.69, 9.17) is 22.7 Å². The molecule has 0 bridgehead atoms. The van der Waals surface area contributed by atoms with Gasteiger partial charge in [0, 0.05) is 0 Å². The molecule has 0 aliphatic rings. The number of carbonyl (C=O) groups is 1. The quantitative estimate of drug-likeness (QED) is 0.668. The fourth-order valence-corrected chi connectivity index (χ4v) is 1.81. The molecule has 2 rings (SSSR count). The van der Waals surface area contributed by atoms with Crippen molar-refractivity contribution in [3.05, 3.63) is 54.1 Å². The van der Waals surface area contributed by atoms with Crippen molar-refractivity contribution >= 4 is 29.0 Å². The maximum absolute atomic E-state index is 11.4. The van der Waals surface area contributed by atoms with Gasteiger partial charge in [-0.15, -0.1) is 0 Å². The second kappa shape index (κ2) is 6.71. The second-order valence-corrected chi connectivity index (χ2v) is 4.54. The molecule has 108 valence electrons. The van der Waals surface area contributed by atoms with E-state index in [2.05, 4.69) is 10.1 Å². The zero-order chi connectivity index (χ0) is 15.2. The monoisotopic (exact) mass is 302 g/mol. The van der Waals surface area contributed by atoms with Crippen LogP contribution in [-0.2, 0) is 4.74 Å². The van der Waals surface area contributed by atoms with Gasteiger partial charge in [0.15, 0.2) is 10.9 Å². The van der Waals surface area contributed by atoms with Gasteiger partial charge in [0.25, 0.3) is 0 Å². The number of para-hydroxylation sites is 2. The van der Waals surface area contributed by atoms with Gasteiger partial charge >= 0.3 is 5.97 Å². The lowest BCUT2D eigenvalue weighted by Gasteiger charge is -2.12. The zero-order valence-electron chi connectivity index (χ0n) is 11.3. The third-order valence-electron chi connectivity index (χ3n) is 2.65. The molecule has 0 aliphatic heterocycles. The fourth-order valence-electron chi connectivity index (χ4n) is 1.70. The van der Waals surface area contributed by atoms with Crippen LogP contribution in [0.25, 0.3) is 0 Å². The molecule has 0 heterocycles. The summed E-state index contributed by atoms with van der Waals surface area (Å²) in [6.45, 7) is 0. The van der Waals surface area contributed by atoms with Crippen molar-refractivity contribution in [1.82, 2.24) is 0 Å². The molecule has 21 heavy (non-hydrogen) atoms. The zero-order valence-corrected chi connectivity index (χ0v) is 12.1. The highest BCUT2D eigenvalue weighted by Gasteiger charge is 2.07. The van der Waals surface area contributed by atoms with E-state index in [9.17, 15) is 4.79 Å². The smallest absolute Gasteiger partial charge is 0.337 e. The van der Waals surface area contributed by atoms with Crippen molar-refractivity contribution < 1.29 is 14.3 Å². The number of benzene rings is 2. The number of methoxy groups -OCH3 is 1. The van der Waals surface area contributed by atoms with E-state index in [-0.39, 0.29) is 5.11 Å². The Balaban J connectivity index is 2.18. The summed E-state index contributed by atoms with van der Waals surface area (Å²) in [6.07, 6.45) is 0. The first-order valence-electron chi connectivity index (χ1n) is 6.12. The molecule has 0 saturated heterocycles. The number of ether oxygens (including phenoxy) is 2. The molecule has 6 heteroatoms. The van der Waals surface area contributed by atoms with Crippen molar-refractivity contribution in [3.8, 4) is 11.5 Å². The van der Waals surface area contributed by atoms with E-state index >= 15 is 0 Å². The first-order chi connectivity index (χ1) is 10.1. The molecule has 3 N–H and O–H groups in total. The average Bonchev–Trinajstić information content (AvgIpc) is 2.49. The van der Waals surface area contributed by atoms with Crippen molar-refractivity contribution in [2.24, 2.45) is 5.73 Å². The molecule has 5 nitrogen and oxygen atoms in total. The minimum atomic E-state index is -0.392. The topological polar surface area (TPSA) is 73.6 Å². The number of esters is 1. The first-order valence-corrected chi connectivity index (χ1v) is 6.52. The van der Waals surface area contributed by atoms with Crippen molar-refractivity contribution in [3.63, 3.8) is 0 Å². The summed E-state index contributed by atoms with van der Waals surface area (Å²) in [5, 5.41) is 3.00. The van der Waals surface area contributed by atoms with Crippen LogP contribution in [0.5, 0.6) is 11.5 Å². The van der Waals surface area contributed by atoms with E-state index < -0.39 is 5.97 Å².